The number of nitrogens with zero attached hydrogens (tertiary/aromatic N) is 2. The summed E-state index contributed by atoms with van der Waals surface area (Å²) in [6, 6.07) is 9.68. The molecule has 11 heteroatoms. The minimum absolute atomic E-state index is 0.0000942. The molecule has 1 aliphatic carbocycles. The number of benzene rings is 1. The third-order valence-electron chi connectivity index (χ3n) is 7.64. The molecule has 3 heterocycles. The zero-order valence-corrected chi connectivity index (χ0v) is 24.3. The van der Waals surface area contributed by atoms with Crippen LogP contribution in [0.1, 0.15) is 88.2 Å². The number of nitrogen functional groups attached to an aromatic ring is 1. The summed E-state index contributed by atoms with van der Waals surface area (Å²) >= 11 is 0.856. The molecule has 0 bridgehead atoms. The topological polar surface area (TPSA) is 140 Å². The number of nitrogens with one attached hydrogen (secondary N) is 2. The third-order valence-corrected chi connectivity index (χ3v) is 8.49. The highest BCUT2D eigenvalue weighted by Gasteiger charge is 2.38. The second kappa shape index (κ2) is 12.9. The summed E-state index contributed by atoms with van der Waals surface area (Å²) in [7, 11) is 0. The van der Waals surface area contributed by atoms with E-state index in [0.717, 1.165) is 62.0 Å². The van der Waals surface area contributed by atoms with Gasteiger partial charge >= 0.3 is 0 Å². The first-order chi connectivity index (χ1) is 19.8. The molecule has 0 spiro atoms. The largest absolute Gasteiger partial charge is 0.464 e. The Morgan fingerprint density at radius 2 is 1.90 bits per heavy atom. The van der Waals surface area contributed by atoms with E-state index >= 15 is 0 Å². The van der Waals surface area contributed by atoms with Crippen molar-refractivity contribution in [2.45, 2.75) is 77.0 Å². The van der Waals surface area contributed by atoms with Crippen LogP contribution in [0.25, 0.3) is 0 Å². The van der Waals surface area contributed by atoms with Gasteiger partial charge in [0.1, 0.15) is 16.4 Å². The van der Waals surface area contributed by atoms with Gasteiger partial charge in [0.2, 0.25) is 0 Å². The van der Waals surface area contributed by atoms with Crippen LogP contribution < -0.4 is 21.3 Å². The number of aromatic nitrogens is 1. The summed E-state index contributed by atoms with van der Waals surface area (Å²) in [5.41, 5.74) is 7.84. The molecule has 1 aromatic carbocycles. The summed E-state index contributed by atoms with van der Waals surface area (Å²) in [5, 5.41) is 5.98. The molecule has 1 saturated heterocycles. The molecule has 10 nitrogen and oxygen atoms in total. The molecule has 3 amide bonds. The smallest absolute Gasteiger partial charge is 0.273 e. The van der Waals surface area contributed by atoms with E-state index in [2.05, 4.69) is 15.0 Å². The number of carbonyl (C=O) groups is 3. The summed E-state index contributed by atoms with van der Waals surface area (Å²) < 4.78 is 15.9. The predicted molar refractivity (Wildman–Crippen MR) is 157 cm³/mol. The van der Waals surface area contributed by atoms with Gasteiger partial charge in [0.15, 0.2) is 11.7 Å². The third kappa shape index (κ3) is 6.62. The molecule has 41 heavy (non-hydrogen) atoms. The Morgan fingerprint density at radius 3 is 2.59 bits per heavy atom. The van der Waals surface area contributed by atoms with Gasteiger partial charge in [-0.25, -0.2) is 0 Å². The van der Waals surface area contributed by atoms with Gasteiger partial charge in [-0.3, -0.25) is 19.3 Å². The van der Waals surface area contributed by atoms with E-state index in [1.807, 2.05) is 25.1 Å². The van der Waals surface area contributed by atoms with E-state index < -0.39 is 17.9 Å². The zero-order valence-electron chi connectivity index (χ0n) is 23.5. The van der Waals surface area contributed by atoms with E-state index in [1.165, 1.54) is 4.90 Å². The second-order valence-corrected chi connectivity index (χ2v) is 11.6. The van der Waals surface area contributed by atoms with Crippen LogP contribution >= 0.6 is 11.5 Å². The molecule has 5 rings (SSSR count). The number of hydrogen-bond acceptors (Lipinski definition) is 8. The number of furan rings is 1. The van der Waals surface area contributed by atoms with Crippen LogP contribution in [0.2, 0.25) is 0 Å². The SMILES string of the molecule is Cc1cccc(N(C(=O)c2snc(C(=O)NC3CCCCC3)c2N)C(C(=O)NCC2CCCO2)c2ccc(C)o2)c1. The standard InChI is InChI=1S/C30H37N5O5S/c1-18-8-6-11-21(16-18)35(26(23-14-13-19(2)40-23)29(37)32-17-22-12-7-15-39-22)30(38)27-24(31)25(34-41-27)28(36)33-20-9-4-3-5-10-20/h6,8,11,13-14,16,20,22,26H,3-5,7,9-10,12,15,17,31H2,1-2H3,(H,32,37)(H,33,36). The predicted octanol–water partition coefficient (Wildman–Crippen LogP) is 4.68. The van der Waals surface area contributed by atoms with Gasteiger partial charge in [-0.05, 0) is 80.9 Å². The molecule has 3 aromatic rings. The van der Waals surface area contributed by atoms with Crippen molar-refractivity contribution in [1.29, 1.82) is 0 Å². The Hall–Kier alpha value is -3.70. The van der Waals surface area contributed by atoms with Gasteiger partial charge in [-0.1, -0.05) is 31.4 Å². The number of rotatable bonds is 9. The van der Waals surface area contributed by atoms with Crippen LogP contribution in [0.5, 0.6) is 0 Å². The van der Waals surface area contributed by atoms with E-state index in [1.54, 1.807) is 25.1 Å². The summed E-state index contributed by atoms with van der Waals surface area (Å²) in [6.45, 7) is 4.67. The average Bonchev–Trinajstić information content (AvgIpc) is 3.72. The summed E-state index contributed by atoms with van der Waals surface area (Å²) in [6.07, 6.45) is 6.83. The van der Waals surface area contributed by atoms with Gasteiger partial charge in [0.05, 0.1) is 11.8 Å². The van der Waals surface area contributed by atoms with Crippen molar-refractivity contribution in [3.05, 3.63) is 64.1 Å². The van der Waals surface area contributed by atoms with E-state index in [0.29, 0.717) is 30.4 Å². The fourth-order valence-electron chi connectivity index (χ4n) is 5.48. The first kappa shape index (κ1) is 28.8. The lowest BCUT2D eigenvalue weighted by atomic mass is 9.95. The second-order valence-electron chi connectivity index (χ2n) is 10.8. The lowest BCUT2D eigenvalue weighted by Crippen LogP contribution is -2.45. The fraction of sp³-hybridized carbons (Fsp3) is 0.467. The Kier molecular flexibility index (Phi) is 9.04. The summed E-state index contributed by atoms with van der Waals surface area (Å²) in [4.78, 5) is 42.7. The maximum Gasteiger partial charge on any atom is 0.273 e. The maximum atomic E-state index is 14.3. The molecular weight excluding hydrogens is 542 g/mol. The number of nitrogens with two attached hydrogens (primary N) is 1. The molecule has 1 saturated carbocycles. The Bertz CT molecular complexity index is 1390. The van der Waals surface area contributed by atoms with Crippen LogP contribution in [0.15, 0.2) is 40.8 Å². The molecule has 0 radical (unpaired) electrons. The Balaban J connectivity index is 1.49. The number of anilines is 2. The maximum absolute atomic E-state index is 14.3. The minimum atomic E-state index is -1.14. The number of amides is 3. The molecule has 2 aromatic heterocycles. The van der Waals surface area contributed by atoms with E-state index in [4.69, 9.17) is 14.9 Å². The van der Waals surface area contributed by atoms with Crippen molar-refractivity contribution in [1.82, 2.24) is 15.0 Å². The van der Waals surface area contributed by atoms with Crippen LogP contribution in [0, 0.1) is 13.8 Å². The number of hydrogen-bond donors (Lipinski definition) is 3. The molecule has 2 aliphatic rings. The lowest BCUT2D eigenvalue weighted by molar-refractivity contribution is -0.123. The minimum Gasteiger partial charge on any atom is -0.464 e. The van der Waals surface area contributed by atoms with Crippen molar-refractivity contribution < 1.29 is 23.5 Å². The highest BCUT2D eigenvalue weighted by Crippen LogP contribution is 2.34. The van der Waals surface area contributed by atoms with Crippen LogP contribution in [-0.4, -0.2) is 47.4 Å². The molecule has 4 N–H and O–H groups in total. The number of carbonyl (C=O) groups excluding carboxylic acids is 3. The van der Waals surface area contributed by atoms with Gasteiger partial charge < -0.3 is 25.5 Å². The Morgan fingerprint density at radius 1 is 1.10 bits per heavy atom. The molecule has 2 unspecified atom stereocenters. The molecule has 2 atom stereocenters. The highest BCUT2D eigenvalue weighted by molar-refractivity contribution is 7.09. The quantitative estimate of drug-likeness (QED) is 0.334. The van der Waals surface area contributed by atoms with Crippen LogP contribution in [-0.2, 0) is 9.53 Å². The van der Waals surface area contributed by atoms with E-state index in [-0.39, 0.29) is 34.3 Å². The van der Waals surface area contributed by atoms with Crippen molar-refractivity contribution in [2.75, 3.05) is 23.8 Å². The van der Waals surface area contributed by atoms with Crippen molar-refractivity contribution in [2.24, 2.45) is 0 Å². The Labute approximate surface area is 243 Å². The van der Waals surface area contributed by atoms with Crippen LogP contribution in [0.4, 0.5) is 11.4 Å². The monoisotopic (exact) mass is 579 g/mol. The van der Waals surface area contributed by atoms with Gasteiger partial charge in [0.25, 0.3) is 17.7 Å². The average molecular weight is 580 g/mol. The zero-order chi connectivity index (χ0) is 28.9. The molecular formula is C30H37N5O5S. The molecule has 2 fully saturated rings. The fourth-order valence-corrected chi connectivity index (χ4v) is 6.21. The van der Waals surface area contributed by atoms with Crippen molar-refractivity contribution in [3.8, 4) is 0 Å². The summed E-state index contributed by atoms with van der Waals surface area (Å²) in [5.74, 6) is -0.441. The van der Waals surface area contributed by atoms with Crippen LogP contribution in [0.3, 0.4) is 0 Å². The van der Waals surface area contributed by atoms with E-state index in [9.17, 15) is 14.4 Å². The lowest BCUT2D eigenvalue weighted by Gasteiger charge is -2.30. The highest BCUT2D eigenvalue weighted by atomic mass is 32.1. The number of ether oxygens (including phenoxy) is 1. The first-order valence-electron chi connectivity index (χ1n) is 14.2. The van der Waals surface area contributed by atoms with Crippen molar-refractivity contribution >= 4 is 40.6 Å². The van der Waals surface area contributed by atoms with Gasteiger partial charge in [0, 0.05) is 24.9 Å². The van der Waals surface area contributed by atoms with Crippen molar-refractivity contribution in [3.63, 3.8) is 0 Å². The van der Waals surface area contributed by atoms with Gasteiger partial charge in [-0.15, -0.1) is 0 Å². The first-order valence-corrected chi connectivity index (χ1v) is 15.0. The molecule has 218 valence electrons. The van der Waals surface area contributed by atoms with Gasteiger partial charge in [-0.2, -0.15) is 4.37 Å². The number of aryl methyl sites for hydroxylation is 2. The normalized spacial score (nSPS) is 18.1. The molecule has 1 aliphatic heterocycles.